The fraction of sp³-hybridized carbons (Fsp3) is 0.273. The Labute approximate surface area is 179 Å². The topological polar surface area (TPSA) is 118 Å². The Morgan fingerprint density at radius 1 is 1.10 bits per heavy atom. The fourth-order valence-electron chi connectivity index (χ4n) is 4.40. The van der Waals surface area contributed by atoms with Gasteiger partial charge in [-0.15, -0.1) is 0 Å². The maximum Gasteiger partial charge on any atom is 0.322 e. The molecule has 2 atom stereocenters. The zero-order valence-electron chi connectivity index (χ0n) is 16.6. The number of hydrogen-bond donors (Lipinski definition) is 3. The third kappa shape index (κ3) is 3.60. The van der Waals surface area contributed by atoms with E-state index in [1.807, 2.05) is 30.3 Å². The van der Waals surface area contributed by atoms with Crippen LogP contribution < -0.4 is 15.4 Å². The minimum absolute atomic E-state index is 0.0336. The lowest BCUT2D eigenvalue weighted by Crippen LogP contribution is -2.44. The number of furan rings is 1. The summed E-state index contributed by atoms with van der Waals surface area (Å²) < 4.78 is 33.9. The second kappa shape index (κ2) is 7.21. The number of amides is 3. The van der Waals surface area contributed by atoms with Crippen LogP contribution in [-0.4, -0.2) is 32.4 Å². The first-order chi connectivity index (χ1) is 14.8. The quantitative estimate of drug-likeness (QED) is 0.529. The number of hydrogen-bond acceptors (Lipinski definition) is 5. The molecule has 2 unspecified atom stereocenters. The van der Waals surface area contributed by atoms with Crippen molar-refractivity contribution < 1.29 is 22.4 Å². The summed E-state index contributed by atoms with van der Waals surface area (Å²) in [6, 6.07) is 15.6. The van der Waals surface area contributed by atoms with E-state index in [0.29, 0.717) is 25.0 Å². The van der Waals surface area contributed by atoms with Gasteiger partial charge in [0.05, 0.1) is 4.90 Å². The van der Waals surface area contributed by atoms with Crippen LogP contribution in [0.5, 0.6) is 0 Å². The molecule has 1 saturated carbocycles. The highest BCUT2D eigenvalue weighted by Crippen LogP contribution is 2.36. The van der Waals surface area contributed by atoms with Crippen molar-refractivity contribution in [2.24, 2.45) is 5.92 Å². The van der Waals surface area contributed by atoms with Crippen LogP contribution in [0, 0.1) is 5.92 Å². The normalized spacial score (nSPS) is 23.4. The monoisotopic (exact) mass is 439 g/mol. The van der Waals surface area contributed by atoms with Crippen molar-refractivity contribution in [2.75, 3.05) is 6.54 Å². The van der Waals surface area contributed by atoms with E-state index >= 15 is 0 Å². The summed E-state index contributed by atoms with van der Waals surface area (Å²) in [5.74, 6) is 0.309. The van der Waals surface area contributed by atoms with Crippen molar-refractivity contribution in [3.8, 4) is 11.3 Å². The largest absolute Gasteiger partial charge is 0.456 e. The second-order valence-electron chi connectivity index (χ2n) is 8.12. The molecular weight excluding hydrogens is 418 g/mol. The van der Waals surface area contributed by atoms with Crippen molar-refractivity contribution in [1.29, 1.82) is 0 Å². The highest BCUT2D eigenvalue weighted by Gasteiger charge is 2.50. The van der Waals surface area contributed by atoms with Gasteiger partial charge in [-0.25, -0.2) is 17.9 Å². The fourth-order valence-corrected chi connectivity index (χ4v) is 5.52. The Morgan fingerprint density at radius 3 is 2.58 bits per heavy atom. The number of fused-ring (bicyclic) bond motifs is 1. The van der Waals surface area contributed by atoms with Crippen LogP contribution in [0.3, 0.4) is 0 Å². The van der Waals surface area contributed by atoms with Gasteiger partial charge in [0.2, 0.25) is 10.0 Å². The van der Waals surface area contributed by atoms with Gasteiger partial charge in [-0.2, -0.15) is 0 Å². The molecule has 1 aliphatic heterocycles. The number of benzene rings is 2. The van der Waals surface area contributed by atoms with Crippen molar-refractivity contribution in [2.45, 2.75) is 29.7 Å². The Hall–Kier alpha value is -3.17. The molecule has 9 heteroatoms. The lowest BCUT2D eigenvalue weighted by molar-refractivity contribution is -0.123. The third-order valence-corrected chi connectivity index (χ3v) is 7.51. The minimum Gasteiger partial charge on any atom is -0.456 e. The van der Waals surface area contributed by atoms with Crippen LogP contribution in [0.15, 0.2) is 63.9 Å². The van der Waals surface area contributed by atoms with Gasteiger partial charge < -0.3 is 9.73 Å². The maximum atomic E-state index is 12.7. The van der Waals surface area contributed by atoms with Gasteiger partial charge in [0, 0.05) is 17.5 Å². The summed E-state index contributed by atoms with van der Waals surface area (Å²) in [6.45, 7) is 0.207. The first kappa shape index (κ1) is 19.8. The summed E-state index contributed by atoms with van der Waals surface area (Å²) >= 11 is 0. The van der Waals surface area contributed by atoms with Gasteiger partial charge in [0.1, 0.15) is 16.9 Å². The number of urea groups is 1. The number of sulfonamides is 1. The summed E-state index contributed by atoms with van der Waals surface area (Å²) in [4.78, 5) is 23.6. The van der Waals surface area contributed by atoms with E-state index in [0.717, 1.165) is 16.5 Å². The van der Waals surface area contributed by atoms with E-state index < -0.39 is 21.6 Å². The van der Waals surface area contributed by atoms with E-state index in [-0.39, 0.29) is 23.3 Å². The summed E-state index contributed by atoms with van der Waals surface area (Å²) in [6.07, 6.45) is 1.57. The van der Waals surface area contributed by atoms with E-state index in [4.69, 9.17) is 4.42 Å². The molecule has 3 amide bonds. The Kier molecular flexibility index (Phi) is 4.60. The second-order valence-corrected chi connectivity index (χ2v) is 9.89. The van der Waals surface area contributed by atoms with Gasteiger partial charge >= 0.3 is 6.03 Å². The molecule has 2 heterocycles. The highest BCUT2D eigenvalue weighted by atomic mass is 32.2. The zero-order chi connectivity index (χ0) is 21.6. The van der Waals surface area contributed by atoms with Gasteiger partial charge in [0.25, 0.3) is 5.91 Å². The molecule has 1 saturated heterocycles. The SMILES string of the molecule is O=C1NC(=O)C2(CCC(CNS(=O)(=O)c3ccc(-c4cc5ccccc5o4)cc3)C2)N1. The molecule has 31 heavy (non-hydrogen) atoms. The third-order valence-electron chi connectivity index (χ3n) is 6.07. The molecule has 0 bridgehead atoms. The first-order valence-electron chi connectivity index (χ1n) is 10.1. The van der Waals surface area contributed by atoms with E-state index in [1.54, 1.807) is 24.3 Å². The minimum atomic E-state index is -3.70. The lowest BCUT2D eigenvalue weighted by atomic mass is 9.96. The maximum absolute atomic E-state index is 12.7. The van der Waals surface area contributed by atoms with Crippen LogP contribution in [0.4, 0.5) is 4.79 Å². The standard InChI is InChI=1S/C22H21N3O5S/c26-20-22(25-21(27)24-20)10-9-14(12-22)13-23-31(28,29)17-7-5-15(6-8-17)19-11-16-3-1-2-4-18(16)30-19/h1-8,11,14,23H,9-10,12-13H2,(H2,24,25,26,27). The van der Waals surface area contributed by atoms with Crippen molar-refractivity contribution in [1.82, 2.24) is 15.4 Å². The molecule has 2 fully saturated rings. The van der Waals surface area contributed by atoms with Gasteiger partial charge in [-0.05, 0) is 61.6 Å². The number of imide groups is 1. The van der Waals surface area contributed by atoms with E-state index in [1.165, 1.54) is 0 Å². The lowest BCUT2D eigenvalue weighted by Gasteiger charge is -2.19. The molecule has 3 aromatic rings. The number of nitrogens with one attached hydrogen (secondary N) is 3. The van der Waals surface area contributed by atoms with Crippen LogP contribution >= 0.6 is 0 Å². The Balaban J connectivity index is 1.26. The Bertz CT molecular complexity index is 1250. The smallest absolute Gasteiger partial charge is 0.322 e. The van der Waals surface area contributed by atoms with Gasteiger partial charge in [-0.3, -0.25) is 10.1 Å². The average Bonchev–Trinajstić information content (AvgIpc) is 3.44. The van der Waals surface area contributed by atoms with Crippen molar-refractivity contribution >= 4 is 32.9 Å². The molecule has 2 aliphatic rings. The Morgan fingerprint density at radius 2 is 1.87 bits per heavy atom. The zero-order valence-corrected chi connectivity index (χ0v) is 17.4. The van der Waals surface area contributed by atoms with Gasteiger partial charge in [0.15, 0.2) is 0 Å². The number of para-hydroxylation sites is 1. The van der Waals surface area contributed by atoms with Crippen LogP contribution in [0.2, 0.25) is 0 Å². The first-order valence-corrected chi connectivity index (χ1v) is 11.6. The molecular formula is C22H21N3O5S. The van der Waals surface area contributed by atoms with E-state index in [2.05, 4.69) is 15.4 Å². The van der Waals surface area contributed by atoms with Gasteiger partial charge in [-0.1, -0.05) is 18.2 Å². The van der Waals surface area contributed by atoms with E-state index in [9.17, 15) is 18.0 Å². The summed E-state index contributed by atoms with van der Waals surface area (Å²) in [7, 11) is -3.70. The van der Waals surface area contributed by atoms with Crippen molar-refractivity contribution in [3.05, 3.63) is 54.6 Å². The molecule has 0 radical (unpaired) electrons. The molecule has 2 aromatic carbocycles. The molecule has 8 nitrogen and oxygen atoms in total. The number of carbonyl (C=O) groups excluding carboxylic acids is 2. The van der Waals surface area contributed by atoms with Crippen molar-refractivity contribution in [3.63, 3.8) is 0 Å². The molecule has 3 N–H and O–H groups in total. The molecule has 5 rings (SSSR count). The highest BCUT2D eigenvalue weighted by molar-refractivity contribution is 7.89. The summed E-state index contributed by atoms with van der Waals surface area (Å²) in [5.41, 5.74) is 0.662. The number of carbonyl (C=O) groups is 2. The van der Waals surface area contributed by atoms with Crippen LogP contribution in [0.1, 0.15) is 19.3 Å². The molecule has 160 valence electrons. The average molecular weight is 439 g/mol. The molecule has 1 aliphatic carbocycles. The molecule has 1 spiro atoms. The summed E-state index contributed by atoms with van der Waals surface area (Å²) in [5, 5.41) is 5.93. The van der Waals surface area contributed by atoms with Crippen LogP contribution in [-0.2, 0) is 14.8 Å². The van der Waals surface area contributed by atoms with Crippen LogP contribution in [0.25, 0.3) is 22.3 Å². The predicted molar refractivity (Wildman–Crippen MR) is 114 cm³/mol. The molecule has 1 aromatic heterocycles. The predicted octanol–water partition coefficient (Wildman–Crippen LogP) is 2.76. The number of rotatable bonds is 5.